The number of allylic oxidation sites excluding steroid dienone is 1. The summed E-state index contributed by atoms with van der Waals surface area (Å²) < 4.78 is 11.1. The lowest BCUT2D eigenvalue weighted by molar-refractivity contribution is -0.154. The zero-order valence-electron chi connectivity index (χ0n) is 18.8. The highest BCUT2D eigenvalue weighted by atomic mass is 16.5. The Hall–Kier alpha value is -1.65. The van der Waals surface area contributed by atoms with Gasteiger partial charge in [-0.15, -0.1) is 0 Å². The van der Waals surface area contributed by atoms with Gasteiger partial charge in [0.2, 0.25) is 0 Å². The molecular weight excluding hydrogens is 380 g/mol. The van der Waals surface area contributed by atoms with E-state index in [-0.39, 0.29) is 35.0 Å². The largest absolute Gasteiger partial charge is 0.463 e. The molecule has 4 unspecified atom stereocenters. The maximum atomic E-state index is 12.6. The number of hydrogen-bond donors (Lipinski definition) is 0. The van der Waals surface area contributed by atoms with Crippen LogP contribution in [0, 0.1) is 34.5 Å². The molecule has 0 spiro atoms. The molecule has 4 rings (SSSR count). The Morgan fingerprint density at radius 3 is 2.53 bits per heavy atom. The first-order chi connectivity index (χ1) is 14.2. The number of hydrogen-bond acceptors (Lipinski definition) is 5. The molecule has 0 heterocycles. The van der Waals surface area contributed by atoms with Gasteiger partial charge in [-0.2, -0.15) is 0 Å². The first kappa shape index (κ1) is 21.6. The van der Waals surface area contributed by atoms with Crippen molar-refractivity contribution in [2.24, 2.45) is 34.5 Å². The Balaban J connectivity index is 1.58. The Morgan fingerprint density at radius 2 is 1.87 bits per heavy atom. The average Bonchev–Trinajstić information content (AvgIpc) is 3.04. The minimum Gasteiger partial charge on any atom is -0.463 e. The molecule has 0 aliphatic heterocycles. The van der Waals surface area contributed by atoms with E-state index in [1.54, 1.807) is 0 Å². The topological polar surface area (TPSA) is 69.7 Å². The Kier molecular flexibility index (Phi) is 5.61. The van der Waals surface area contributed by atoms with E-state index in [9.17, 15) is 14.4 Å². The molecule has 0 radical (unpaired) electrons. The summed E-state index contributed by atoms with van der Waals surface area (Å²) in [6, 6.07) is 0. The van der Waals surface area contributed by atoms with E-state index < -0.39 is 0 Å². The number of esters is 2. The van der Waals surface area contributed by atoms with Gasteiger partial charge in [-0.3, -0.25) is 9.59 Å². The van der Waals surface area contributed by atoms with E-state index in [1.807, 2.05) is 6.92 Å². The molecule has 0 aromatic rings. The van der Waals surface area contributed by atoms with Gasteiger partial charge in [0.15, 0.2) is 0 Å². The summed E-state index contributed by atoms with van der Waals surface area (Å²) in [4.78, 5) is 35.5. The standard InChI is InChI=1S/C25H36O5/c1-15(29-16(2)27)21-7-8-22-20-6-5-18-13-19(30-17(3)28)9-12-25(18,14-26)23(20)10-11-24(21,22)4/h5,14-15,19-23H,6-13H2,1-4H3/t15?,19-,20?,21+,22?,23?,24+,25+/m0/s1. The van der Waals surface area contributed by atoms with Crippen LogP contribution in [0.5, 0.6) is 0 Å². The van der Waals surface area contributed by atoms with Crippen LogP contribution >= 0.6 is 0 Å². The highest BCUT2D eigenvalue weighted by molar-refractivity contribution is 5.69. The second kappa shape index (κ2) is 7.80. The Morgan fingerprint density at radius 1 is 1.10 bits per heavy atom. The highest BCUT2D eigenvalue weighted by Gasteiger charge is 2.61. The van der Waals surface area contributed by atoms with Crippen LogP contribution in [0.1, 0.15) is 79.1 Å². The predicted octanol–water partition coefficient (Wildman–Crippen LogP) is 4.63. The molecule has 0 amide bonds. The fourth-order valence-corrected chi connectivity index (χ4v) is 8.04. The summed E-state index contributed by atoms with van der Waals surface area (Å²) in [5.74, 6) is 1.43. The first-order valence-electron chi connectivity index (χ1n) is 11.7. The van der Waals surface area contributed by atoms with Gasteiger partial charge in [0.05, 0.1) is 5.41 Å². The molecule has 4 aliphatic carbocycles. The van der Waals surface area contributed by atoms with E-state index in [1.165, 1.54) is 25.7 Å². The quantitative estimate of drug-likeness (QED) is 0.380. The maximum absolute atomic E-state index is 12.6. The van der Waals surface area contributed by atoms with E-state index >= 15 is 0 Å². The molecule has 0 N–H and O–H groups in total. The van der Waals surface area contributed by atoms with Crippen molar-refractivity contribution in [3.8, 4) is 0 Å². The molecule has 3 fully saturated rings. The van der Waals surface area contributed by atoms with Crippen molar-refractivity contribution in [1.29, 1.82) is 0 Å². The molecule has 166 valence electrons. The van der Waals surface area contributed by atoms with Gasteiger partial charge >= 0.3 is 11.9 Å². The highest BCUT2D eigenvalue weighted by Crippen LogP contribution is 2.66. The van der Waals surface area contributed by atoms with Crippen molar-refractivity contribution in [3.05, 3.63) is 11.6 Å². The summed E-state index contributed by atoms with van der Waals surface area (Å²) in [5, 5.41) is 0. The summed E-state index contributed by atoms with van der Waals surface area (Å²) in [6.07, 6.45) is 11.1. The van der Waals surface area contributed by atoms with Crippen LogP contribution in [0.15, 0.2) is 11.6 Å². The normalized spacial score (nSPS) is 43.3. The van der Waals surface area contributed by atoms with Crippen LogP contribution in [0.2, 0.25) is 0 Å². The molecule has 3 saturated carbocycles. The lowest BCUT2D eigenvalue weighted by Gasteiger charge is -2.57. The van der Waals surface area contributed by atoms with Crippen LogP contribution in [0.25, 0.3) is 0 Å². The lowest BCUT2D eigenvalue weighted by Crippen LogP contribution is -2.53. The number of fused-ring (bicyclic) bond motifs is 5. The summed E-state index contributed by atoms with van der Waals surface area (Å²) in [5.41, 5.74) is 1.00. The molecular formula is C25H36O5. The molecule has 0 aromatic carbocycles. The zero-order chi connectivity index (χ0) is 21.7. The van der Waals surface area contributed by atoms with Crippen LogP contribution in [-0.4, -0.2) is 30.4 Å². The number of rotatable bonds is 4. The zero-order valence-corrected chi connectivity index (χ0v) is 18.8. The van der Waals surface area contributed by atoms with Crippen molar-refractivity contribution in [2.75, 3.05) is 0 Å². The summed E-state index contributed by atoms with van der Waals surface area (Å²) >= 11 is 0. The minimum absolute atomic E-state index is 0.0528. The van der Waals surface area contributed by atoms with Crippen LogP contribution in [-0.2, 0) is 23.9 Å². The van der Waals surface area contributed by atoms with E-state index in [0.717, 1.165) is 44.9 Å². The van der Waals surface area contributed by atoms with Crippen molar-refractivity contribution < 1.29 is 23.9 Å². The predicted molar refractivity (Wildman–Crippen MR) is 112 cm³/mol. The smallest absolute Gasteiger partial charge is 0.302 e. The fourth-order valence-electron chi connectivity index (χ4n) is 8.04. The van der Waals surface area contributed by atoms with E-state index in [2.05, 4.69) is 13.0 Å². The minimum atomic E-state index is -0.375. The lowest BCUT2D eigenvalue weighted by atomic mass is 9.47. The van der Waals surface area contributed by atoms with Gasteiger partial charge < -0.3 is 14.3 Å². The SMILES string of the molecule is CC(=O)OC(C)[C@H]1CCC2C3CC=C4C[C@@H](OC(C)=O)CC[C@]4(C=O)C3CC[C@@]21C. The van der Waals surface area contributed by atoms with Crippen LogP contribution in [0.4, 0.5) is 0 Å². The number of aldehydes is 1. The first-order valence-corrected chi connectivity index (χ1v) is 11.7. The monoisotopic (exact) mass is 416 g/mol. The third-order valence-corrected chi connectivity index (χ3v) is 9.20. The van der Waals surface area contributed by atoms with Crippen LogP contribution < -0.4 is 0 Å². The molecule has 0 bridgehead atoms. The molecule has 8 atom stereocenters. The Bertz CT molecular complexity index is 757. The van der Waals surface area contributed by atoms with Crippen LogP contribution in [0.3, 0.4) is 0 Å². The molecule has 0 saturated heterocycles. The maximum Gasteiger partial charge on any atom is 0.302 e. The number of carbonyl (C=O) groups is 3. The van der Waals surface area contributed by atoms with Crippen molar-refractivity contribution in [1.82, 2.24) is 0 Å². The van der Waals surface area contributed by atoms with Gasteiger partial charge in [-0.25, -0.2) is 0 Å². The second-order valence-corrected chi connectivity index (χ2v) is 10.5. The molecule has 0 aromatic heterocycles. The van der Waals surface area contributed by atoms with Gasteiger partial charge in [0.1, 0.15) is 18.5 Å². The van der Waals surface area contributed by atoms with Crippen molar-refractivity contribution in [2.45, 2.75) is 91.3 Å². The molecule has 30 heavy (non-hydrogen) atoms. The van der Waals surface area contributed by atoms with Gasteiger partial charge in [-0.1, -0.05) is 18.6 Å². The Labute approximate surface area is 179 Å². The second-order valence-electron chi connectivity index (χ2n) is 10.5. The summed E-state index contributed by atoms with van der Waals surface area (Å²) in [6.45, 7) is 7.40. The molecule has 5 nitrogen and oxygen atoms in total. The summed E-state index contributed by atoms with van der Waals surface area (Å²) in [7, 11) is 0. The average molecular weight is 417 g/mol. The van der Waals surface area contributed by atoms with Crippen molar-refractivity contribution in [3.63, 3.8) is 0 Å². The number of ether oxygens (including phenoxy) is 2. The van der Waals surface area contributed by atoms with Crippen molar-refractivity contribution >= 4 is 18.2 Å². The molecule has 4 aliphatic rings. The van der Waals surface area contributed by atoms with E-state index in [4.69, 9.17) is 9.47 Å². The fraction of sp³-hybridized carbons (Fsp3) is 0.800. The number of carbonyl (C=O) groups excluding carboxylic acids is 3. The van der Waals surface area contributed by atoms with E-state index in [0.29, 0.717) is 30.1 Å². The van der Waals surface area contributed by atoms with Gasteiger partial charge in [0, 0.05) is 26.2 Å². The van der Waals surface area contributed by atoms with Gasteiger partial charge in [0.25, 0.3) is 0 Å². The molecule has 5 heteroatoms. The third-order valence-electron chi connectivity index (χ3n) is 9.20. The van der Waals surface area contributed by atoms with Gasteiger partial charge in [-0.05, 0) is 75.0 Å². The third kappa shape index (κ3) is 3.33.